The highest BCUT2D eigenvalue weighted by Gasteiger charge is 2.22. The van der Waals surface area contributed by atoms with E-state index in [4.69, 9.17) is 4.74 Å². The molecule has 0 aliphatic heterocycles. The molecule has 1 saturated carbocycles. The van der Waals surface area contributed by atoms with Crippen molar-refractivity contribution < 1.29 is 17.9 Å². The van der Waals surface area contributed by atoms with Crippen LogP contribution in [-0.4, -0.2) is 6.61 Å². The van der Waals surface area contributed by atoms with E-state index in [1.165, 1.54) is 73.9 Å². The molecule has 0 bridgehead atoms. The molecule has 0 unspecified atom stereocenters. The minimum Gasteiger partial charge on any atom is -0.491 e. The van der Waals surface area contributed by atoms with Crippen molar-refractivity contribution >= 4 is 0 Å². The van der Waals surface area contributed by atoms with Crippen LogP contribution in [0.15, 0.2) is 54.6 Å². The van der Waals surface area contributed by atoms with Gasteiger partial charge in [-0.25, -0.2) is 8.78 Å². The summed E-state index contributed by atoms with van der Waals surface area (Å²) in [5.74, 6) is -1.33. The summed E-state index contributed by atoms with van der Waals surface area (Å²) in [7, 11) is 0. The Bertz CT molecular complexity index is 1110. The van der Waals surface area contributed by atoms with Gasteiger partial charge in [0.1, 0.15) is 5.82 Å². The van der Waals surface area contributed by atoms with Crippen LogP contribution >= 0.6 is 0 Å². The standard InChI is InChI=1S/C31H35F3O/c1-3-5-21-8-13-24(14-9-21)25-15-10-22(11-16-25)6-7-23-12-17-26(28(32)20-23)27-18-19-29(35-4-2)31(34)30(27)33/h10-12,15-21,24H,3-9,13-14H2,1-2H3. The molecule has 35 heavy (non-hydrogen) atoms. The maximum absolute atomic E-state index is 14.8. The highest BCUT2D eigenvalue weighted by Crippen LogP contribution is 2.37. The Kier molecular flexibility index (Phi) is 8.54. The maximum Gasteiger partial charge on any atom is 0.201 e. The van der Waals surface area contributed by atoms with E-state index in [0.717, 1.165) is 17.9 Å². The summed E-state index contributed by atoms with van der Waals surface area (Å²) < 4.78 is 48.7. The van der Waals surface area contributed by atoms with Gasteiger partial charge in [-0.15, -0.1) is 0 Å². The van der Waals surface area contributed by atoms with Gasteiger partial charge in [-0.1, -0.05) is 56.2 Å². The Morgan fingerprint density at radius 2 is 1.40 bits per heavy atom. The van der Waals surface area contributed by atoms with E-state index in [-0.39, 0.29) is 23.5 Å². The van der Waals surface area contributed by atoms with Crippen molar-refractivity contribution in [3.63, 3.8) is 0 Å². The van der Waals surface area contributed by atoms with Crippen LogP contribution in [0.4, 0.5) is 13.2 Å². The maximum atomic E-state index is 14.8. The molecule has 0 N–H and O–H groups in total. The van der Waals surface area contributed by atoms with Crippen LogP contribution in [0.5, 0.6) is 5.75 Å². The summed E-state index contributed by atoms with van der Waals surface area (Å²) in [6.45, 7) is 4.19. The van der Waals surface area contributed by atoms with E-state index in [1.54, 1.807) is 13.0 Å². The van der Waals surface area contributed by atoms with Crippen molar-refractivity contribution in [1.29, 1.82) is 0 Å². The van der Waals surface area contributed by atoms with Crippen molar-refractivity contribution in [1.82, 2.24) is 0 Å². The molecule has 4 heteroatoms. The van der Waals surface area contributed by atoms with E-state index in [0.29, 0.717) is 12.3 Å². The second kappa shape index (κ2) is 11.8. The van der Waals surface area contributed by atoms with E-state index >= 15 is 0 Å². The van der Waals surface area contributed by atoms with E-state index < -0.39 is 17.5 Å². The molecule has 0 aromatic heterocycles. The molecule has 3 aromatic rings. The smallest absolute Gasteiger partial charge is 0.201 e. The van der Waals surface area contributed by atoms with Crippen LogP contribution < -0.4 is 4.74 Å². The predicted molar refractivity (Wildman–Crippen MR) is 136 cm³/mol. The van der Waals surface area contributed by atoms with Gasteiger partial charge >= 0.3 is 0 Å². The van der Waals surface area contributed by atoms with Gasteiger partial charge < -0.3 is 4.74 Å². The fourth-order valence-electron chi connectivity index (χ4n) is 5.38. The third-order valence-electron chi connectivity index (χ3n) is 7.37. The number of halogens is 3. The molecule has 1 aliphatic rings. The molecule has 4 rings (SSSR count). The summed E-state index contributed by atoms with van der Waals surface area (Å²) in [6.07, 6.45) is 9.38. The number of rotatable bonds is 9. The minimum absolute atomic E-state index is 0.0474. The lowest BCUT2D eigenvalue weighted by molar-refractivity contribution is 0.308. The number of benzene rings is 3. The first-order chi connectivity index (χ1) is 17.0. The van der Waals surface area contributed by atoms with Gasteiger partial charge in [0.2, 0.25) is 5.82 Å². The van der Waals surface area contributed by atoms with Crippen molar-refractivity contribution in [2.75, 3.05) is 6.61 Å². The molecule has 0 radical (unpaired) electrons. The highest BCUT2D eigenvalue weighted by molar-refractivity contribution is 5.66. The van der Waals surface area contributed by atoms with Crippen molar-refractivity contribution in [3.8, 4) is 16.9 Å². The Hall–Kier alpha value is -2.75. The van der Waals surface area contributed by atoms with Gasteiger partial charge in [0.05, 0.1) is 6.61 Å². The Labute approximate surface area is 207 Å². The van der Waals surface area contributed by atoms with Crippen LogP contribution in [0.2, 0.25) is 0 Å². The van der Waals surface area contributed by atoms with E-state index in [9.17, 15) is 13.2 Å². The quantitative estimate of drug-likeness (QED) is 0.297. The van der Waals surface area contributed by atoms with E-state index in [2.05, 4.69) is 31.2 Å². The van der Waals surface area contributed by atoms with Gasteiger partial charge in [-0.05, 0) is 92.2 Å². The molecule has 0 atom stereocenters. The summed E-state index contributed by atoms with van der Waals surface area (Å²) in [6, 6.07) is 16.3. The molecule has 0 spiro atoms. The Morgan fingerprint density at radius 3 is 2.06 bits per heavy atom. The van der Waals surface area contributed by atoms with Crippen LogP contribution in [0.3, 0.4) is 0 Å². The van der Waals surface area contributed by atoms with Gasteiger partial charge in [0.25, 0.3) is 0 Å². The van der Waals surface area contributed by atoms with Crippen molar-refractivity contribution in [3.05, 3.63) is 88.7 Å². The molecule has 3 aromatic carbocycles. The zero-order chi connectivity index (χ0) is 24.8. The molecular weight excluding hydrogens is 445 g/mol. The topological polar surface area (TPSA) is 9.23 Å². The molecule has 1 fully saturated rings. The lowest BCUT2D eigenvalue weighted by Crippen LogP contribution is -2.13. The summed E-state index contributed by atoms with van der Waals surface area (Å²) >= 11 is 0. The summed E-state index contributed by atoms with van der Waals surface area (Å²) in [4.78, 5) is 0. The third kappa shape index (κ3) is 6.09. The number of hydrogen-bond acceptors (Lipinski definition) is 1. The first kappa shape index (κ1) is 25.3. The normalized spacial score (nSPS) is 18.0. The first-order valence-electron chi connectivity index (χ1n) is 13.0. The third-order valence-corrected chi connectivity index (χ3v) is 7.37. The average molecular weight is 481 g/mol. The lowest BCUT2D eigenvalue weighted by atomic mass is 9.77. The number of aryl methyl sites for hydroxylation is 2. The van der Waals surface area contributed by atoms with E-state index in [1.807, 2.05) is 0 Å². The van der Waals surface area contributed by atoms with Crippen molar-refractivity contribution in [2.24, 2.45) is 5.92 Å². The molecular formula is C31H35F3O. The molecule has 186 valence electrons. The Balaban J connectivity index is 1.37. The monoisotopic (exact) mass is 480 g/mol. The van der Waals surface area contributed by atoms with Gasteiger partial charge in [-0.3, -0.25) is 0 Å². The summed E-state index contributed by atoms with van der Waals surface area (Å²) in [5, 5.41) is 0. The zero-order valence-electron chi connectivity index (χ0n) is 20.8. The summed E-state index contributed by atoms with van der Waals surface area (Å²) in [5.41, 5.74) is 3.43. The highest BCUT2D eigenvalue weighted by atomic mass is 19.2. The predicted octanol–water partition coefficient (Wildman–Crippen LogP) is 9.03. The molecule has 0 heterocycles. The number of hydrogen-bond donors (Lipinski definition) is 0. The number of ether oxygens (including phenoxy) is 1. The lowest BCUT2D eigenvalue weighted by Gasteiger charge is -2.28. The fraction of sp³-hybridized carbons (Fsp3) is 0.419. The Morgan fingerprint density at radius 1 is 0.743 bits per heavy atom. The SMILES string of the molecule is CCCC1CCC(c2ccc(CCc3ccc(-c4ccc(OCC)c(F)c4F)c(F)c3)cc2)CC1. The van der Waals surface area contributed by atoms with Crippen LogP contribution in [-0.2, 0) is 12.8 Å². The second-order valence-electron chi connectivity index (χ2n) is 9.73. The molecule has 0 amide bonds. The molecule has 1 nitrogen and oxygen atoms in total. The fourth-order valence-corrected chi connectivity index (χ4v) is 5.38. The minimum atomic E-state index is -1.10. The average Bonchev–Trinajstić information content (AvgIpc) is 2.87. The molecule has 0 saturated heterocycles. The van der Waals surface area contributed by atoms with Crippen molar-refractivity contribution in [2.45, 2.75) is 71.1 Å². The second-order valence-corrected chi connectivity index (χ2v) is 9.73. The zero-order valence-corrected chi connectivity index (χ0v) is 20.8. The molecule has 1 aliphatic carbocycles. The first-order valence-corrected chi connectivity index (χ1v) is 13.0. The largest absolute Gasteiger partial charge is 0.491 e. The van der Waals surface area contributed by atoms with Crippen LogP contribution in [0.1, 0.15) is 75.0 Å². The van der Waals surface area contributed by atoms with Gasteiger partial charge in [0, 0.05) is 11.1 Å². The van der Waals surface area contributed by atoms with Gasteiger partial charge in [0.15, 0.2) is 11.6 Å². The van der Waals surface area contributed by atoms with Crippen LogP contribution in [0.25, 0.3) is 11.1 Å². The van der Waals surface area contributed by atoms with Crippen LogP contribution in [0, 0.1) is 23.4 Å². The van der Waals surface area contributed by atoms with Gasteiger partial charge in [-0.2, -0.15) is 4.39 Å².